The van der Waals surface area contributed by atoms with Crippen molar-refractivity contribution in [2.24, 2.45) is 0 Å². The quantitative estimate of drug-likeness (QED) is 0.629. The number of H-pyrrole nitrogens is 1. The molecule has 0 bridgehead atoms. The summed E-state index contributed by atoms with van der Waals surface area (Å²) in [6.07, 6.45) is 3.25. The van der Waals surface area contributed by atoms with Crippen LogP contribution >= 0.6 is 0 Å². The van der Waals surface area contributed by atoms with Crippen LogP contribution in [0.5, 0.6) is 0 Å². The second kappa shape index (κ2) is 4.61. The van der Waals surface area contributed by atoms with E-state index in [1.165, 1.54) is 0 Å². The fourth-order valence-corrected chi connectivity index (χ4v) is 0.807. The lowest BCUT2D eigenvalue weighted by Gasteiger charge is -2.06. The van der Waals surface area contributed by atoms with Gasteiger partial charge in [0, 0.05) is 18.4 Å². The molecule has 0 aliphatic carbocycles. The van der Waals surface area contributed by atoms with Gasteiger partial charge in [-0.3, -0.25) is 10.1 Å². The molecular formula is C8H14N4O. The molecule has 0 unspecified atom stereocenters. The molecule has 0 atom stereocenters. The van der Waals surface area contributed by atoms with Gasteiger partial charge in [-0.15, -0.1) is 0 Å². The Morgan fingerprint density at radius 1 is 1.69 bits per heavy atom. The Bertz CT molecular complexity index is 255. The first-order valence-corrected chi connectivity index (χ1v) is 4.21. The zero-order valence-corrected chi connectivity index (χ0v) is 7.79. The molecule has 0 saturated carbocycles. The van der Waals surface area contributed by atoms with Crippen LogP contribution in [0.4, 0.5) is 5.95 Å². The van der Waals surface area contributed by atoms with Gasteiger partial charge in [-0.25, -0.2) is 4.98 Å². The van der Waals surface area contributed by atoms with Crippen molar-refractivity contribution in [1.29, 1.82) is 0 Å². The van der Waals surface area contributed by atoms with Crippen molar-refractivity contribution in [2.45, 2.75) is 19.9 Å². The molecule has 13 heavy (non-hydrogen) atoms. The van der Waals surface area contributed by atoms with Gasteiger partial charge in [0.1, 0.15) is 0 Å². The molecule has 1 rings (SSSR count). The highest BCUT2D eigenvalue weighted by atomic mass is 16.2. The maximum Gasteiger partial charge on any atom is 0.240 e. The molecule has 5 nitrogen and oxygen atoms in total. The average molecular weight is 182 g/mol. The fraction of sp³-hybridized carbons (Fsp3) is 0.500. The highest BCUT2D eigenvalue weighted by Crippen LogP contribution is 1.93. The molecular weight excluding hydrogens is 168 g/mol. The molecule has 1 aromatic rings. The molecule has 0 aliphatic heterocycles. The highest BCUT2D eigenvalue weighted by molar-refractivity contribution is 5.90. The van der Waals surface area contributed by atoms with Gasteiger partial charge in [0.25, 0.3) is 0 Å². The molecule has 0 aliphatic rings. The smallest absolute Gasteiger partial charge is 0.240 e. The Morgan fingerprint density at radius 2 is 2.46 bits per heavy atom. The Morgan fingerprint density at radius 3 is 3.00 bits per heavy atom. The lowest BCUT2D eigenvalue weighted by Crippen LogP contribution is -2.32. The predicted molar refractivity (Wildman–Crippen MR) is 50.4 cm³/mol. The van der Waals surface area contributed by atoms with Crippen molar-refractivity contribution in [3.05, 3.63) is 12.4 Å². The summed E-state index contributed by atoms with van der Waals surface area (Å²) in [4.78, 5) is 17.8. The van der Waals surface area contributed by atoms with E-state index in [9.17, 15) is 4.79 Å². The Hall–Kier alpha value is -1.36. The van der Waals surface area contributed by atoms with E-state index >= 15 is 0 Å². The van der Waals surface area contributed by atoms with Crippen molar-refractivity contribution in [3.8, 4) is 0 Å². The van der Waals surface area contributed by atoms with Gasteiger partial charge in [-0.1, -0.05) is 13.8 Å². The number of amides is 1. The minimum atomic E-state index is -0.0938. The first-order chi connectivity index (χ1) is 6.18. The number of aromatic amines is 1. The number of anilines is 1. The van der Waals surface area contributed by atoms with Gasteiger partial charge in [0.15, 0.2) is 0 Å². The van der Waals surface area contributed by atoms with Crippen LogP contribution in [0.25, 0.3) is 0 Å². The molecule has 0 spiro atoms. The lowest BCUT2D eigenvalue weighted by molar-refractivity contribution is -0.115. The van der Waals surface area contributed by atoms with Gasteiger partial charge in [0.05, 0.1) is 6.54 Å². The molecule has 0 aromatic carbocycles. The maximum absolute atomic E-state index is 11.2. The number of aromatic nitrogens is 2. The standard InChI is InChI=1S/C8H14N4O/c1-6(2)11-5-7(13)12-8-9-3-4-10-8/h3-4,6,11H,5H2,1-2H3,(H2,9,10,12,13). The zero-order valence-electron chi connectivity index (χ0n) is 7.79. The maximum atomic E-state index is 11.2. The zero-order chi connectivity index (χ0) is 9.68. The monoisotopic (exact) mass is 182 g/mol. The molecule has 0 radical (unpaired) electrons. The fourth-order valence-electron chi connectivity index (χ4n) is 0.807. The third kappa shape index (κ3) is 3.71. The minimum Gasteiger partial charge on any atom is -0.331 e. The largest absolute Gasteiger partial charge is 0.331 e. The minimum absolute atomic E-state index is 0.0938. The summed E-state index contributed by atoms with van der Waals surface area (Å²) >= 11 is 0. The van der Waals surface area contributed by atoms with E-state index in [-0.39, 0.29) is 5.91 Å². The van der Waals surface area contributed by atoms with Gasteiger partial charge in [-0.2, -0.15) is 0 Å². The number of imidazole rings is 1. The summed E-state index contributed by atoms with van der Waals surface area (Å²) < 4.78 is 0. The molecule has 1 amide bonds. The van der Waals surface area contributed by atoms with E-state index in [0.29, 0.717) is 18.5 Å². The van der Waals surface area contributed by atoms with Crippen LogP contribution in [0, 0.1) is 0 Å². The van der Waals surface area contributed by atoms with E-state index < -0.39 is 0 Å². The number of nitrogens with zero attached hydrogens (tertiary/aromatic N) is 1. The van der Waals surface area contributed by atoms with E-state index in [1.807, 2.05) is 13.8 Å². The Balaban J connectivity index is 2.26. The molecule has 1 aromatic heterocycles. The second-order valence-electron chi connectivity index (χ2n) is 3.02. The van der Waals surface area contributed by atoms with E-state index in [0.717, 1.165) is 0 Å². The van der Waals surface area contributed by atoms with Crippen molar-refractivity contribution in [3.63, 3.8) is 0 Å². The van der Waals surface area contributed by atoms with Crippen molar-refractivity contribution >= 4 is 11.9 Å². The summed E-state index contributed by atoms with van der Waals surface area (Å²) in [6, 6.07) is 0.308. The number of hydrogen-bond acceptors (Lipinski definition) is 3. The second-order valence-corrected chi connectivity index (χ2v) is 3.02. The van der Waals surface area contributed by atoms with Crippen LogP contribution in [0.1, 0.15) is 13.8 Å². The normalized spacial score (nSPS) is 10.4. The van der Waals surface area contributed by atoms with E-state index in [4.69, 9.17) is 0 Å². The van der Waals surface area contributed by atoms with Crippen LogP contribution in [-0.4, -0.2) is 28.5 Å². The summed E-state index contributed by atoms with van der Waals surface area (Å²) in [7, 11) is 0. The third-order valence-electron chi connectivity index (χ3n) is 1.43. The van der Waals surface area contributed by atoms with Crippen LogP contribution < -0.4 is 10.6 Å². The van der Waals surface area contributed by atoms with Crippen molar-refractivity contribution in [1.82, 2.24) is 15.3 Å². The lowest BCUT2D eigenvalue weighted by atomic mass is 10.4. The first kappa shape index (κ1) is 9.73. The van der Waals surface area contributed by atoms with E-state index in [2.05, 4.69) is 20.6 Å². The molecule has 5 heteroatoms. The van der Waals surface area contributed by atoms with Gasteiger partial charge >= 0.3 is 0 Å². The number of nitrogens with one attached hydrogen (secondary N) is 3. The molecule has 0 saturated heterocycles. The number of carbonyl (C=O) groups is 1. The van der Waals surface area contributed by atoms with Crippen LogP contribution in [-0.2, 0) is 4.79 Å². The van der Waals surface area contributed by atoms with E-state index in [1.54, 1.807) is 12.4 Å². The SMILES string of the molecule is CC(C)NCC(=O)Nc1ncc[nH]1. The van der Waals surface area contributed by atoms with Crippen molar-refractivity contribution < 1.29 is 4.79 Å². The summed E-state index contributed by atoms with van der Waals surface area (Å²) in [5.74, 6) is 0.388. The van der Waals surface area contributed by atoms with Crippen molar-refractivity contribution in [2.75, 3.05) is 11.9 Å². The molecule has 0 fully saturated rings. The molecule has 72 valence electrons. The van der Waals surface area contributed by atoms with Gasteiger partial charge in [-0.05, 0) is 0 Å². The summed E-state index contributed by atoms with van der Waals surface area (Å²) in [5.41, 5.74) is 0. The summed E-state index contributed by atoms with van der Waals surface area (Å²) in [6.45, 7) is 4.28. The number of carbonyl (C=O) groups excluding carboxylic acids is 1. The van der Waals surface area contributed by atoms with Gasteiger partial charge < -0.3 is 10.3 Å². The average Bonchev–Trinajstić information content (AvgIpc) is 2.53. The third-order valence-corrected chi connectivity index (χ3v) is 1.43. The van der Waals surface area contributed by atoms with Gasteiger partial charge in [0.2, 0.25) is 11.9 Å². The van der Waals surface area contributed by atoms with Crippen LogP contribution in [0.3, 0.4) is 0 Å². The molecule has 3 N–H and O–H groups in total. The predicted octanol–water partition coefficient (Wildman–Crippen LogP) is 0.346. The summed E-state index contributed by atoms with van der Waals surface area (Å²) in [5, 5.41) is 5.61. The van der Waals surface area contributed by atoms with Crippen LogP contribution in [0.15, 0.2) is 12.4 Å². The highest BCUT2D eigenvalue weighted by Gasteiger charge is 2.03. The number of hydrogen-bond donors (Lipinski definition) is 3. The topological polar surface area (TPSA) is 69.8 Å². The Kier molecular flexibility index (Phi) is 3.45. The number of rotatable bonds is 4. The van der Waals surface area contributed by atoms with Crippen LogP contribution in [0.2, 0.25) is 0 Å². The first-order valence-electron chi connectivity index (χ1n) is 4.21. The molecule has 1 heterocycles. The Labute approximate surface area is 76.9 Å².